The molecule has 172 valence electrons. The van der Waals surface area contributed by atoms with E-state index in [0.29, 0.717) is 18.6 Å². The van der Waals surface area contributed by atoms with Crippen molar-refractivity contribution in [1.82, 2.24) is 0 Å². The van der Waals surface area contributed by atoms with Crippen LogP contribution in [0.1, 0.15) is 47.5 Å². The summed E-state index contributed by atoms with van der Waals surface area (Å²) in [5.74, 6) is -1.27. The lowest BCUT2D eigenvalue weighted by molar-refractivity contribution is -0.207. The average Bonchev–Trinajstić information content (AvgIpc) is 3.42. The van der Waals surface area contributed by atoms with Gasteiger partial charge >= 0.3 is 5.97 Å². The van der Waals surface area contributed by atoms with Crippen molar-refractivity contribution in [3.05, 3.63) is 60.4 Å². The van der Waals surface area contributed by atoms with Gasteiger partial charge in [-0.15, -0.1) is 0 Å². The Balaban J connectivity index is 1.82. The largest absolute Gasteiger partial charge is 0.456 e. The number of hydrogen-bond donors (Lipinski definition) is 2. The Labute approximate surface area is 185 Å². The Bertz CT molecular complexity index is 790. The zero-order chi connectivity index (χ0) is 23.5. The Morgan fingerprint density at radius 3 is 2.45 bits per heavy atom. The summed E-state index contributed by atoms with van der Waals surface area (Å²) in [5, 5.41) is 20.7. The van der Waals surface area contributed by atoms with Crippen LogP contribution in [0.15, 0.2) is 60.4 Å². The molecule has 1 fully saturated rings. The molecule has 2 rings (SSSR count). The molecule has 0 aromatic rings. The second-order valence-electron chi connectivity index (χ2n) is 9.11. The van der Waals surface area contributed by atoms with E-state index in [9.17, 15) is 15.0 Å². The van der Waals surface area contributed by atoms with Crippen molar-refractivity contribution in [2.75, 3.05) is 0 Å². The van der Waals surface area contributed by atoms with Crippen LogP contribution in [0.3, 0.4) is 0 Å². The zero-order valence-corrected chi connectivity index (χ0v) is 19.3. The minimum Gasteiger partial charge on any atom is -0.456 e. The second kappa shape index (κ2) is 9.98. The smallest absolute Gasteiger partial charge is 0.337 e. The van der Waals surface area contributed by atoms with Crippen LogP contribution in [-0.2, 0) is 19.0 Å². The Morgan fingerprint density at radius 1 is 1.23 bits per heavy atom. The predicted molar refractivity (Wildman–Crippen MR) is 120 cm³/mol. The van der Waals surface area contributed by atoms with Crippen molar-refractivity contribution >= 4 is 5.97 Å². The zero-order valence-electron chi connectivity index (χ0n) is 19.3. The molecule has 0 unspecified atom stereocenters. The van der Waals surface area contributed by atoms with Gasteiger partial charge in [0.2, 0.25) is 5.79 Å². The predicted octanol–water partition coefficient (Wildman–Crippen LogP) is 3.97. The summed E-state index contributed by atoms with van der Waals surface area (Å²) in [6.07, 6.45) is 3.99. The van der Waals surface area contributed by atoms with Gasteiger partial charge in [0.15, 0.2) is 0 Å². The van der Waals surface area contributed by atoms with Gasteiger partial charge in [0.05, 0.1) is 24.4 Å². The van der Waals surface area contributed by atoms with Gasteiger partial charge in [-0.25, -0.2) is 4.79 Å². The van der Waals surface area contributed by atoms with E-state index >= 15 is 0 Å². The maximum atomic E-state index is 11.8. The molecule has 6 nitrogen and oxygen atoms in total. The van der Waals surface area contributed by atoms with E-state index in [1.807, 2.05) is 20.8 Å². The van der Waals surface area contributed by atoms with Crippen LogP contribution in [0.4, 0.5) is 0 Å². The first-order valence-corrected chi connectivity index (χ1v) is 10.6. The van der Waals surface area contributed by atoms with E-state index in [1.165, 1.54) is 6.08 Å². The van der Waals surface area contributed by atoms with Gasteiger partial charge in [-0.1, -0.05) is 62.5 Å². The first-order chi connectivity index (χ1) is 14.3. The van der Waals surface area contributed by atoms with Gasteiger partial charge in [-0.05, 0) is 13.3 Å². The van der Waals surface area contributed by atoms with Crippen molar-refractivity contribution in [3.63, 3.8) is 0 Å². The molecular weight excluding hydrogens is 396 g/mol. The Morgan fingerprint density at radius 2 is 1.87 bits per heavy atom. The highest BCUT2D eigenvalue weighted by Gasteiger charge is 2.44. The lowest BCUT2D eigenvalue weighted by Gasteiger charge is -2.33. The maximum absolute atomic E-state index is 11.8. The third-order valence-electron chi connectivity index (χ3n) is 5.76. The third-order valence-corrected chi connectivity index (χ3v) is 5.76. The van der Waals surface area contributed by atoms with E-state index < -0.39 is 24.0 Å². The summed E-state index contributed by atoms with van der Waals surface area (Å²) in [7, 11) is 0. The molecule has 2 aliphatic heterocycles. The molecule has 0 saturated carbocycles. The van der Waals surface area contributed by atoms with Crippen LogP contribution in [0, 0.1) is 11.8 Å². The van der Waals surface area contributed by atoms with Gasteiger partial charge < -0.3 is 24.4 Å². The van der Waals surface area contributed by atoms with E-state index in [2.05, 4.69) is 19.7 Å². The minimum atomic E-state index is -1.03. The first-order valence-electron chi connectivity index (χ1n) is 10.6. The van der Waals surface area contributed by atoms with Crippen molar-refractivity contribution in [3.8, 4) is 0 Å². The number of rotatable bonds is 11. The SMILES string of the molecule is C=C(/C=C/[C@@H](O)[C@@H](C)C(=C)C)C[C@H]1O[C@@H]1[C@H](O)CC(=C)[C@H](C)C1=CC(=O)OC(C)(C)O1. The number of esters is 1. The molecule has 0 aliphatic carbocycles. The van der Waals surface area contributed by atoms with Gasteiger partial charge in [-0.2, -0.15) is 0 Å². The number of aliphatic hydroxyl groups is 2. The summed E-state index contributed by atoms with van der Waals surface area (Å²) in [6, 6.07) is 0. The number of epoxide rings is 1. The molecule has 2 aliphatic rings. The molecule has 0 aromatic carbocycles. The van der Waals surface area contributed by atoms with Gasteiger partial charge in [-0.3, -0.25) is 0 Å². The van der Waals surface area contributed by atoms with Crippen LogP contribution in [-0.4, -0.2) is 46.4 Å². The molecule has 0 aromatic heterocycles. The summed E-state index contributed by atoms with van der Waals surface area (Å²) in [4.78, 5) is 11.8. The fourth-order valence-electron chi connectivity index (χ4n) is 3.38. The van der Waals surface area contributed by atoms with E-state index in [4.69, 9.17) is 14.2 Å². The molecular formula is C25H36O6. The van der Waals surface area contributed by atoms with Crippen LogP contribution >= 0.6 is 0 Å². The molecule has 31 heavy (non-hydrogen) atoms. The number of cyclic esters (lactones) is 1. The lowest BCUT2D eigenvalue weighted by Crippen LogP contribution is -2.36. The number of carbonyl (C=O) groups excluding carboxylic acids is 1. The van der Waals surface area contributed by atoms with Gasteiger partial charge in [0.25, 0.3) is 0 Å². The fraction of sp³-hybridized carbons (Fsp3) is 0.560. The molecule has 0 spiro atoms. The van der Waals surface area contributed by atoms with Crippen LogP contribution in [0.5, 0.6) is 0 Å². The highest BCUT2D eigenvalue weighted by molar-refractivity contribution is 5.83. The van der Waals surface area contributed by atoms with Crippen molar-refractivity contribution < 1.29 is 29.2 Å². The first kappa shape index (κ1) is 25.1. The topological polar surface area (TPSA) is 88.5 Å². The highest BCUT2D eigenvalue weighted by atomic mass is 16.7. The number of ether oxygens (including phenoxy) is 3. The standard InChI is InChI=1S/C25H36O6/c1-14(2)17(5)19(26)10-9-15(3)11-22-24(29-22)20(27)12-16(4)18(6)21-13-23(28)31-25(7,8)30-21/h9-10,13,17-20,22,24,26-27H,1,3-4,11-12H2,2,5-8H3/b10-9+/t17-,18-,19+,20+,22+,24+/m0/s1. The molecule has 0 bridgehead atoms. The number of allylic oxidation sites excluding steroid dienone is 2. The summed E-state index contributed by atoms with van der Waals surface area (Å²) in [6.45, 7) is 21.0. The number of aliphatic hydroxyl groups excluding tert-OH is 2. The molecule has 2 N–H and O–H groups in total. The van der Waals surface area contributed by atoms with Crippen molar-refractivity contribution in [2.24, 2.45) is 11.8 Å². The average molecular weight is 433 g/mol. The normalized spacial score (nSPS) is 26.2. The molecule has 0 radical (unpaired) electrons. The third kappa shape index (κ3) is 7.20. The number of carbonyl (C=O) groups is 1. The minimum absolute atomic E-state index is 0.0283. The quantitative estimate of drug-likeness (QED) is 0.222. The molecule has 0 amide bonds. The van der Waals surface area contributed by atoms with Crippen molar-refractivity contribution in [1.29, 1.82) is 0 Å². The monoisotopic (exact) mass is 432 g/mol. The Hall–Kier alpha value is -2.15. The fourth-order valence-corrected chi connectivity index (χ4v) is 3.38. The molecule has 6 atom stereocenters. The van der Waals surface area contributed by atoms with Gasteiger partial charge in [0, 0.05) is 32.1 Å². The van der Waals surface area contributed by atoms with Crippen LogP contribution in [0.2, 0.25) is 0 Å². The van der Waals surface area contributed by atoms with E-state index in [-0.39, 0.29) is 24.0 Å². The lowest BCUT2D eigenvalue weighted by atomic mass is 9.92. The van der Waals surface area contributed by atoms with E-state index in [1.54, 1.807) is 26.0 Å². The highest BCUT2D eigenvalue weighted by Crippen LogP contribution is 2.36. The molecule has 6 heteroatoms. The second-order valence-corrected chi connectivity index (χ2v) is 9.11. The maximum Gasteiger partial charge on any atom is 0.337 e. The van der Waals surface area contributed by atoms with E-state index in [0.717, 1.165) is 16.7 Å². The summed E-state index contributed by atoms with van der Waals surface area (Å²) < 4.78 is 16.5. The van der Waals surface area contributed by atoms with Crippen LogP contribution < -0.4 is 0 Å². The molecule has 1 saturated heterocycles. The summed E-state index contributed by atoms with van der Waals surface area (Å²) in [5.41, 5.74) is 2.48. The number of hydrogen-bond acceptors (Lipinski definition) is 6. The summed E-state index contributed by atoms with van der Waals surface area (Å²) >= 11 is 0. The Kier molecular flexibility index (Phi) is 8.09. The van der Waals surface area contributed by atoms with Crippen LogP contribution in [0.25, 0.3) is 0 Å². The van der Waals surface area contributed by atoms with Gasteiger partial charge in [0.1, 0.15) is 11.9 Å². The van der Waals surface area contributed by atoms with Crippen molar-refractivity contribution in [2.45, 2.75) is 77.7 Å². The molecule has 2 heterocycles.